The van der Waals surface area contributed by atoms with Crippen LogP contribution in [0.1, 0.15) is 33.6 Å². The van der Waals surface area contributed by atoms with Crippen LogP contribution in [0.4, 0.5) is 13.6 Å². The van der Waals surface area contributed by atoms with E-state index in [2.05, 4.69) is 36.1 Å². The van der Waals surface area contributed by atoms with Crippen molar-refractivity contribution < 1.29 is 27.5 Å². The van der Waals surface area contributed by atoms with E-state index in [1.807, 2.05) is 60.7 Å². The normalized spacial score (nSPS) is 19.7. The smallest absolute Gasteiger partial charge is 0.321 e. The fraction of sp³-hybridized carbons (Fsp3) is 0.407. The topological polar surface area (TPSA) is 76.7 Å². The zero-order chi connectivity index (χ0) is 26.4. The minimum Gasteiger partial charge on any atom is -0.504 e. The minimum atomic E-state index is -3.02. The van der Waals surface area contributed by atoms with Crippen molar-refractivity contribution in [2.45, 2.75) is 50.6 Å². The fourth-order valence-corrected chi connectivity index (χ4v) is 9.49. The summed E-state index contributed by atoms with van der Waals surface area (Å²) in [5.74, 6) is -4.80. The van der Waals surface area contributed by atoms with Gasteiger partial charge in [0.2, 0.25) is 0 Å². The van der Waals surface area contributed by atoms with Gasteiger partial charge >= 0.3 is 6.03 Å². The van der Waals surface area contributed by atoms with Gasteiger partial charge in [0.1, 0.15) is 0 Å². The van der Waals surface area contributed by atoms with E-state index in [4.69, 9.17) is 4.43 Å². The third-order valence-corrected chi connectivity index (χ3v) is 11.5. The maximum absolute atomic E-state index is 15.1. The van der Waals surface area contributed by atoms with E-state index in [-0.39, 0.29) is 18.1 Å². The number of imide groups is 1. The first-order valence-corrected chi connectivity index (χ1v) is 13.8. The van der Waals surface area contributed by atoms with Crippen LogP contribution in [0, 0.1) is 5.92 Å². The van der Waals surface area contributed by atoms with Crippen molar-refractivity contribution in [2.24, 2.45) is 5.92 Å². The SMILES string of the molecule is CO/C=C/C(=O)NC(=O)N[C@H]1C[C@@H](CO[Si](c2ccccc2)(c2ccccc2)C(C)(C)C)C(F)(F)C1. The largest absolute Gasteiger partial charge is 0.504 e. The number of benzene rings is 2. The van der Waals surface area contributed by atoms with Crippen molar-refractivity contribution >= 4 is 30.6 Å². The van der Waals surface area contributed by atoms with Gasteiger partial charge in [-0.3, -0.25) is 10.1 Å². The molecule has 0 unspecified atom stereocenters. The number of hydrogen-bond donors (Lipinski definition) is 2. The molecule has 1 saturated carbocycles. The van der Waals surface area contributed by atoms with Crippen molar-refractivity contribution in [1.82, 2.24) is 10.6 Å². The molecule has 36 heavy (non-hydrogen) atoms. The van der Waals surface area contributed by atoms with Gasteiger partial charge in [0.05, 0.1) is 13.4 Å². The van der Waals surface area contributed by atoms with E-state index >= 15 is 8.78 Å². The van der Waals surface area contributed by atoms with Gasteiger partial charge in [-0.2, -0.15) is 0 Å². The Hall–Kier alpha value is -3.04. The van der Waals surface area contributed by atoms with E-state index in [1.54, 1.807) is 0 Å². The number of hydrogen-bond acceptors (Lipinski definition) is 4. The summed E-state index contributed by atoms with van der Waals surface area (Å²) in [4.78, 5) is 23.8. The lowest BCUT2D eigenvalue weighted by Gasteiger charge is -2.43. The lowest BCUT2D eigenvalue weighted by molar-refractivity contribution is -0.115. The molecular weight excluding hydrogens is 482 g/mol. The first-order valence-electron chi connectivity index (χ1n) is 11.9. The molecular formula is C27H34F2N2O4Si. The Kier molecular flexibility index (Phi) is 8.68. The van der Waals surface area contributed by atoms with Crippen LogP contribution >= 0.6 is 0 Å². The first-order chi connectivity index (χ1) is 17.0. The molecule has 194 valence electrons. The zero-order valence-corrected chi connectivity index (χ0v) is 22.1. The van der Waals surface area contributed by atoms with Gasteiger partial charge in [0.15, 0.2) is 0 Å². The van der Waals surface area contributed by atoms with Crippen LogP contribution in [-0.2, 0) is 14.0 Å². The standard InChI is InChI=1S/C27H34F2N2O4Si/c1-26(2,3)36(22-11-7-5-8-12-22,23-13-9-6-10-14-23)35-19-20-17-21(18-27(20,28)29)30-25(33)31-24(32)15-16-34-4/h5-16,20-21H,17-19H2,1-4H3,(H2,30,31,32,33)/b16-15+/t20-,21-/m0/s1. The number of carbonyl (C=O) groups excluding carboxylic acids is 2. The Labute approximate surface area is 212 Å². The highest BCUT2D eigenvalue weighted by molar-refractivity contribution is 6.99. The quantitative estimate of drug-likeness (QED) is 0.316. The number of urea groups is 1. The minimum absolute atomic E-state index is 0.0424. The maximum atomic E-state index is 15.1. The van der Waals surface area contributed by atoms with Crippen molar-refractivity contribution in [2.75, 3.05) is 13.7 Å². The molecule has 1 fully saturated rings. The summed E-state index contributed by atoms with van der Waals surface area (Å²) < 4.78 is 41.5. The molecule has 2 atom stereocenters. The molecule has 0 aliphatic heterocycles. The lowest BCUT2D eigenvalue weighted by Crippen LogP contribution is -2.67. The fourth-order valence-electron chi connectivity index (χ4n) is 4.89. The predicted molar refractivity (Wildman–Crippen MR) is 138 cm³/mol. The number of methoxy groups -OCH3 is 1. The third kappa shape index (κ3) is 6.20. The van der Waals surface area contributed by atoms with Crippen molar-refractivity contribution in [3.05, 3.63) is 73.0 Å². The molecule has 1 aliphatic rings. The van der Waals surface area contributed by atoms with Gasteiger partial charge in [-0.1, -0.05) is 81.4 Å². The van der Waals surface area contributed by atoms with Gasteiger partial charge in [-0.05, 0) is 21.8 Å². The van der Waals surface area contributed by atoms with Crippen LogP contribution < -0.4 is 21.0 Å². The summed E-state index contributed by atoms with van der Waals surface area (Å²) in [6, 6.07) is 18.1. The highest BCUT2D eigenvalue weighted by atomic mass is 28.4. The molecule has 0 bridgehead atoms. The number of amides is 3. The van der Waals surface area contributed by atoms with E-state index in [0.717, 1.165) is 22.7 Å². The predicted octanol–water partition coefficient (Wildman–Crippen LogP) is 3.96. The van der Waals surface area contributed by atoms with Crippen LogP contribution in [0.2, 0.25) is 5.04 Å². The second kappa shape index (κ2) is 11.3. The Balaban J connectivity index is 1.80. The van der Waals surface area contributed by atoms with Crippen LogP contribution in [0.3, 0.4) is 0 Å². The highest BCUT2D eigenvalue weighted by Gasteiger charge is 2.54. The zero-order valence-electron chi connectivity index (χ0n) is 21.1. The highest BCUT2D eigenvalue weighted by Crippen LogP contribution is 2.43. The van der Waals surface area contributed by atoms with E-state index < -0.39 is 44.6 Å². The number of rotatable bonds is 8. The number of alkyl halides is 2. The lowest BCUT2D eigenvalue weighted by atomic mass is 10.1. The summed E-state index contributed by atoms with van der Waals surface area (Å²) in [5.41, 5.74) is 0. The Morgan fingerprint density at radius 2 is 1.61 bits per heavy atom. The monoisotopic (exact) mass is 516 g/mol. The van der Waals surface area contributed by atoms with E-state index in [1.165, 1.54) is 7.11 Å². The van der Waals surface area contributed by atoms with Gasteiger partial charge in [0.25, 0.3) is 20.1 Å². The van der Waals surface area contributed by atoms with Crippen LogP contribution in [0.15, 0.2) is 73.0 Å². The third-order valence-electron chi connectivity index (χ3n) is 6.53. The molecule has 3 amide bonds. The molecule has 2 aromatic carbocycles. The van der Waals surface area contributed by atoms with E-state index in [9.17, 15) is 9.59 Å². The molecule has 9 heteroatoms. The molecule has 0 spiro atoms. The molecule has 6 nitrogen and oxygen atoms in total. The summed E-state index contributed by atoms with van der Waals surface area (Å²) in [5, 5.41) is 6.27. The number of nitrogens with one attached hydrogen (secondary N) is 2. The summed E-state index contributed by atoms with van der Waals surface area (Å²) >= 11 is 0. The summed E-state index contributed by atoms with van der Waals surface area (Å²) in [6.07, 6.45) is 1.67. The second-order valence-corrected chi connectivity index (χ2v) is 14.4. The average Bonchev–Trinajstić information content (AvgIpc) is 3.11. The first kappa shape index (κ1) is 27.5. The van der Waals surface area contributed by atoms with E-state index in [0.29, 0.717) is 0 Å². The summed E-state index contributed by atoms with van der Waals surface area (Å²) in [6.45, 7) is 6.14. The van der Waals surface area contributed by atoms with Crippen LogP contribution in [-0.4, -0.2) is 45.9 Å². The van der Waals surface area contributed by atoms with Crippen molar-refractivity contribution in [3.63, 3.8) is 0 Å². The molecule has 0 saturated heterocycles. The van der Waals surface area contributed by atoms with Gasteiger partial charge in [0, 0.05) is 31.1 Å². The van der Waals surface area contributed by atoms with Crippen LogP contribution in [0.25, 0.3) is 0 Å². The van der Waals surface area contributed by atoms with Gasteiger partial charge in [-0.25, -0.2) is 13.6 Å². The van der Waals surface area contributed by atoms with Crippen molar-refractivity contribution in [1.29, 1.82) is 0 Å². The molecule has 3 rings (SSSR count). The van der Waals surface area contributed by atoms with Crippen molar-refractivity contribution in [3.8, 4) is 0 Å². The number of carbonyl (C=O) groups is 2. The molecule has 0 aromatic heterocycles. The maximum Gasteiger partial charge on any atom is 0.321 e. The molecule has 0 radical (unpaired) electrons. The second-order valence-electron chi connectivity index (χ2n) is 10.1. The molecule has 1 aliphatic carbocycles. The van der Waals surface area contributed by atoms with Crippen LogP contribution in [0.5, 0.6) is 0 Å². The molecule has 2 aromatic rings. The van der Waals surface area contributed by atoms with Gasteiger partial charge < -0.3 is 14.5 Å². The Morgan fingerprint density at radius 3 is 2.11 bits per heavy atom. The average molecular weight is 517 g/mol. The molecule has 2 N–H and O–H groups in total. The number of ether oxygens (including phenoxy) is 1. The Morgan fingerprint density at radius 1 is 1.06 bits per heavy atom. The summed E-state index contributed by atoms with van der Waals surface area (Å²) in [7, 11) is -1.60. The Bertz CT molecular complexity index is 1020. The van der Waals surface area contributed by atoms with Gasteiger partial charge in [-0.15, -0.1) is 0 Å². The number of halogens is 2. The molecule has 0 heterocycles.